The molecule has 0 unspecified atom stereocenters. The second kappa shape index (κ2) is 8.94. The van der Waals surface area contributed by atoms with Crippen LogP contribution < -0.4 is 15.4 Å². The number of methoxy groups -OCH3 is 1. The number of carbonyl (C=O) groups excluding carboxylic acids is 1. The number of hydrogen-bond donors (Lipinski definition) is 2. The van der Waals surface area contributed by atoms with E-state index < -0.39 is 0 Å². The predicted octanol–water partition coefficient (Wildman–Crippen LogP) is 4.70. The van der Waals surface area contributed by atoms with Crippen molar-refractivity contribution in [1.82, 2.24) is 10.3 Å². The number of benzene rings is 1. The third kappa shape index (κ3) is 5.25. The van der Waals surface area contributed by atoms with Gasteiger partial charge in [0.05, 0.1) is 23.5 Å². The van der Waals surface area contributed by atoms with Crippen LogP contribution in [0.3, 0.4) is 0 Å². The third-order valence-electron chi connectivity index (χ3n) is 3.35. The number of rotatable bonds is 5. The summed E-state index contributed by atoms with van der Waals surface area (Å²) in [5.74, 6) is 0.970. The Morgan fingerprint density at radius 2 is 2.26 bits per heavy atom. The van der Waals surface area contributed by atoms with Crippen LogP contribution >= 0.6 is 39.5 Å². The van der Waals surface area contributed by atoms with Crippen LogP contribution in [0.4, 0.5) is 5.13 Å². The lowest BCUT2D eigenvalue weighted by molar-refractivity contribution is -0.115. The zero-order valence-corrected chi connectivity index (χ0v) is 17.3. The molecule has 1 amide bonds. The zero-order chi connectivity index (χ0) is 19.2. The molecule has 0 saturated heterocycles. The molecule has 0 aliphatic rings. The molecule has 2 aromatic heterocycles. The van der Waals surface area contributed by atoms with E-state index in [0.717, 1.165) is 21.5 Å². The molecule has 0 radical (unpaired) electrons. The van der Waals surface area contributed by atoms with E-state index >= 15 is 0 Å². The first kappa shape index (κ1) is 19.3. The van der Waals surface area contributed by atoms with E-state index in [4.69, 9.17) is 21.4 Å². The van der Waals surface area contributed by atoms with Crippen molar-refractivity contribution in [2.75, 3.05) is 12.4 Å². The number of nitrogens with one attached hydrogen (secondary N) is 2. The number of carbonyl (C=O) groups is 1. The fraction of sp³-hybridized carbons (Fsp3) is 0.0556. The summed E-state index contributed by atoms with van der Waals surface area (Å²) in [5, 5.41) is 8.12. The number of ether oxygens (including phenoxy) is 1. The normalized spacial score (nSPS) is 10.7. The van der Waals surface area contributed by atoms with E-state index in [2.05, 4.69) is 31.5 Å². The van der Waals surface area contributed by atoms with Gasteiger partial charge in [0.2, 0.25) is 5.91 Å². The Morgan fingerprint density at radius 3 is 2.96 bits per heavy atom. The minimum atomic E-state index is -0.361. The number of nitrogens with zero attached hydrogens (tertiary/aromatic N) is 1. The average molecular weight is 464 g/mol. The van der Waals surface area contributed by atoms with Gasteiger partial charge in [0.1, 0.15) is 11.5 Å². The fourth-order valence-corrected chi connectivity index (χ4v) is 3.64. The first-order valence-electron chi connectivity index (χ1n) is 7.68. The lowest BCUT2D eigenvalue weighted by atomic mass is 10.2. The van der Waals surface area contributed by atoms with Crippen LogP contribution in [-0.2, 0) is 4.79 Å². The molecule has 3 aromatic rings. The smallest absolute Gasteiger partial charge is 0.250 e. The van der Waals surface area contributed by atoms with Gasteiger partial charge >= 0.3 is 0 Å². The molecule has 0 bridgehead atoms. The summed E-state index contributed by atoms with van der Waals surface area (Å²) in [6, 6.07) is 9.20. The summed E-state index contributed by atoms with van der Waals surface area (Å²) in [6.45, 7) is 0. The number of amides is 1. The summed E-state index contributed by atoms with van der Waals surface area (Å²) < 4.78 is 11.2. The van der Waals surface area contributed by atoms with Crippen LogP contribution in [0, 0.1) is 0 Å². The molecule has 2 heterocycles. The van der Waals surface area contributed by atoms with Gasteiger partial charge in [0.15, 0.2) is 10.2 Å². The lowest BCUT2D eigenvalue weighted by Gasteiger charge is -2.05. The second-order valence-electron chi connectivity index (χ2n) is 5.18. The monoisotopic (exact) mass is 463 g/mol. The Labute approximate surface area is 173 Å². The van der Waals surface area contributed by atoms with Gasteiger partial charge in [-0.1, -0.05) is 0 Å². The van der Waals surface area contributed by atoms with Crippen molar-refractivity contribution in [3.05, 3.63) is 58.3 Å². The summed E-state index contributed by atoms with van der Waals surface area (Å²) in [5.41, 5.74) is 1.72. The van der Waals surface area contributed by atoms with Crippen LogP contribution in [0.5, 0.6) is 5.75 Å². The number of hydrogen-bond acceptors (Lipinski definition) is 6. The lowest BCUT2D eigenvalue weighted by Crippen LogP contribution is -2.32. The second-order valence-corrected chi connectivity index (χ2v) is 7.30. The summed E-state index contributed by atoms with van der Waals surface area (Å²) >= 11 is 10.00. The molecule has 0 atom stereocenters. The largest absolute Gasteiger partial charge is 0.496 e. The number of aromatic nitrogens is 1. The first-order chi connectivity index (χ1) is 13.0. The predicted molar refractivity (Wildman–Crippen MR) is 114 cm³/mol. The fourth-order valence-electron chi connectivity index (χ4n) is 2.12. The van der Waals surface area contributed by atoms with E-state index in [1.165, 1.54) is 23.7 Å². The Kier molecular flexibility index (Phi) is 6.38. The van der Waals surface area contributed by atoms with E-state index in [9.17, 15) is 4.79 Å². The van der Waals surface area contributed by atoms with Gasteiger partial charge in [-0.2, -0.15) is 0 Å². The number of halogens is 1. The van der Waals surface area contributed by atoms with Crippen molar-refractivity contribution in [3.8, 4) is 17.0 Å². The molecule has 3 rings (SSSR count). The van der Waals surface area contributed by atoms with Crippen LogP contribution in [0.2, 0.25) is 0 Å². The maximum absolute atomic E-state index is 11.9. The molecule has 1 aromatic carbocycles. The number of furan rings is 1. The van der Waals surface area contributed by atoms with Gasteiger partial charge in [0.25, 0.3) is 0 Å². The summed E-state index contributed by atoms with van der Waals surface area (Å²) in [4.78, 5) is 16.3. The minimum absolute atomic E-state index is 0.168. The average Bonchev–Trinajstić information content (AvgIpc) is 3.31. The Morgan fingerprint density at radius 1 is 1.41 bits per heavy atom. The van der Waals surface area contributed by atoms with Crippen molar-refractivity contribution < 1.29 is 13.9 Å². The van der Waals surface area contributed by atoms with Gasteiger partial charge in [0, 0.05) is 17.0 Å². The summed E-state index contributed by atoms with van der Waals surface area (Å²) in [7, 11) is 1.61. The SMILES string of the molecule is COc1ccc(-c2csc(NC(=S)NC(=O)C=Cc3ccco3)n2)cc1Br. The molecule has 27 heavy (non-hydrogen) atoms. The molecule has 138 valence electrons. The van der Waals surface area contributed by atoms with Gasteiger partial charge < -0.3 is 14.5 Å². The maximum Gasteiger partial charge on any atom is 0.250 e. The molecule has 0 spiro atoms. The maximum atomic E-state index is 11.9. The first-order valence-corrected chi connectivity index (χ1v) is 9.76. The van der Waals surface area contributed by atoms with Crippen molar-refractivity contribution in [2.45, 2.75) is 0 Å². The Hall–Kier alpha value is -2.49. The van der Waals surface area contributed by atoms with Crippen molar-refractivity contribution >= 4 is 61.7 Å². The highest BCUT2D eigenvalue weighted by molar-refractivity contribution is 9.10. The molecule has 0 aliphatic heterocycles. The van der Waals surface area contributed by atoms with E-state index in [1.807, 2.05) is 23.6 Å². The number of anilines is 1. The summed E-state index contributed by atoms with van der Waals surface area (Å²) in [6.07, 6.45) is 4.43. The highest BCUT2D eigenvalue weighted by Gasteiger charge is 2.09. The Bertz CT molecular complexity index is 984. The van der Waals surface area contributed by atoms with Crippen molar-refractivity contribution in [1.29, 1.82) is 0 Å². The topological polar surface area (TPSA) is 76.4 Å². The highest BCUT2D eigenvalue weighted by atomic mass is 79.9. The Balaban J connectivity index is 1.59. The quantitative estimate of drug-likeness (QED) is 0.421. The van der Waals surface area contributed by atoms with Crippen LogP contribution in [-0.4, -0.2) is 23.1 Å². The van der Waals surface area contributed by atoms with E-state index in [1.54, 1.807) is 25.3 Å². The van der Waals surface area contributed by atoms with Crippen molar-refractivity contribution in [3.63, 3.8) is 0 Å². The van der Waals surface area contributed by atoms with Gasteiger partial charge in [-0.3, -0.25) is 10.1 Å². The minimum Gasteiger partial charge on any atom is -0.496 e. The zero-order valence-electron chi connectivity index (χ0n) is 14.1. The molecule has 6 nitrogen and oxygen atoms in total. The highest BCUT2D eigenvalue weighted by Crippen LogP contribution is 2.31. The third-order valence-corrected chi connectivity index (χ3v) is 4.93. The molecule has 2 N–H and O–H groups in total. The molecule has 0 aliphatic carbocycles. The molecule has 0 saturated carbocycles. The van der Waals surface area contributed by atoms with Crippen LogP contribution in [0.15, 0.2) is 56.9 Å². The van der Waals surface area contributed by atoms with Gasteiger partial charge in [-0.05, 0) is 64.6 Å². The number of thiazole rings is 1. The van der Waals surface area contributed by atoms with E-state index in [0.29, 0.717) is 10.9 Å². The van der Waals surface area contributed by atoms with Crippen LogP contribution in [0.25, 0.3) is 17.3 Å². The van der Waals surface area contributed by atoms with Crippen LogP contribution in [0.1, 0.15) is 5.76 Å². The van der Waals surface area contributed by atoms with E-state index in [-0.39, 0.29) is 11.0 Å². The number of thiocarbonyl (C=S) groups is 1. The van der Waals surface area contributed by atoms with Gasteiger partial charge in [-0.15, -0.1) is 11.3 Å². The van der Waals surface area contributed by atoms with Gasteiger partial charge in [-0.25, -0.2) is 4.98 Å². The standard InChI is InChI=1S/C18H14BrN3O3S2/c1-24-15-6-4-11(9-13(15)19)14-10-27-18(20-14)22-17(26)21-16(23)7-5-12-3-2-8-25-12/h2-10H,1H3,(H2,20,21,22,23,26). The molecule has 0 fully saturated rings. The molecule has 9 heteroatoms. The molecular weight excluding hydrogens is 450 g/mol. The van der Waals surface area contributed by atoms with Crippen molar-refractivity contribution in [2.24, 2.45) is 0 Å². The molecular formula is C18H14BrN3O3S2.